The zero-order valence-corrected chi connectivity index (χ0v) is 14.0. The first-order chi connectivity index (χ1) is 10.5. The summed E-state index contributed by atoms with van der Waals surface area (Å²) in [6.45, 7) is 5.16. The van der Waals surface area contributed by atoms with Gasteiger partial charge in [-0.25, -0.2) is 4.79 Å². The van der Waals surface area contributed by atoms with Crippen molar-refractivity contribution in [2.75, 3.05) is 32.3 Å². The number of hydrogen-bond acceptors (Lipinski definition) is 5. The molecule has 0 bridgehead atoms. The second kappa shape index (κ2) is 7.91. The molecule has 0 saturated carbocycles. The molecule has 22 heavy (non-hydrogen) atoms. The molecular formula is C16H23O5P. The van der Waals surface area contributed by atoms with Gasteiger partial charge in [-0.2, -0.15) is 0 Å². The average Bonchev–Trinajstić information content (AvgIpc) is 2.54. The molecule has 1 aliphatic heterocycles. The van der Waals surface area contributed by atoms with Crippen molar-refractivity contribution in [1.82, 2.24) is 0 Å². The first-order valence-corrected chi connectivity index (χ1v) is 9.61. The Hall–Kier alpha value is -1.16. The average molecular weight is 326 g/mol. The third kappa shape index (κ3) is 4.67. The number of ether oxygens (including phenoxy) is 2. The van der Waals surface area contributed by atoms with Gasteiger partial charge in [0.15, 0.2) is 0 Å². The van der Waals surface area contributed by atoms with E-state index in [0.717, 1.165) is 6.42 Å². The van der Waals surface area contributed by atoms with Crippen LogP contribution in [0.2, 0.25) is 0 Å². The molecule has 0 spiro atoms. The predicted molar refractivity (Wildman–Crippen MR) is 84.7 cm³/mol. The third-order valence-electron chi connectivity index (χ3n) is 3.84. The molecule has 1 aliphatic rings. The van der Waals surface area contributed by atoms with Crippen LogP contribution in [0.5, 0.6) is 0 Å². The van der Waals surface area contributed by atoms with E-state index >= 15 is 0 Å². The fourth-order valence-corrected chi connectivity index (χ4v) is 3.69. The molecular weight excluding hydrogens is 303 g/mol. The zero-order chi connectivity index (χ0) is 16.0. The Bertz CT molecular complexity index is 530. The van der Waals surface area contributed by atoms with Crippen molar-refractivity contribution in [2.45, 2.75) is 26.2 Å². The summed E-state index contributed by atoms with van der Waals surface area (Å²) in [7, 11) is -2.79. The summed E-state index contributed by atoms with van der Waals surface area (Å²) in [6, 6.07) is 7.44. The van der Waals surface area contributed by atoms with E-state index in [1.165, 1.54) is 5.56 Å². The summed E-state index contributed by atoms with van der Waals surface area (Å²) in [6.07, 6.45) is 1.36. The molecule has 2 unspecified atom stereocenters. The Kier molecular flexibility index (Phi) is 6.18. The summed E-state index contributed by atoms with van der Waals surface area (Å²) < 4.78 is 27.7. The van der Waals surface area contributed by atoms with Crippen molar-refractivity contribution in [2.24, 2.45) is 0 Å². The van der Waals surface area contributed by atoms with E-state index in [1.54, 1.807) is 12.1 Å². The predicted octanol–water partition coefficient (Wildman–Crippen LogP) is 3.64. The summed E-state index contributed by atoms with van der Waals surface area (Å²) in [4.78, 5) is 12.0. The number of carbonyl (C=O) groups is 1. The summed E-state index contributed by atoms with van der Waals surface area (Å²) in [5.74, 6) is 0.0684. The second-order valence-corrected chi connectivity index (χ2v) is 8.07. The standard InChI is InChI=1S/C16H23O5P/c1-3-13(2)14-4-6-15(7-5-14)16(17)20-10-11-22(18)12-19-8-9-21-22/h4-7,13H,3,8-12H2,1-2H3. The minimum absolute atomic E-state index is 0.0760. The maximum atomic E-state index is 12.2. The Morgan fingerprint density at radius 2 is 2.05 bits per heavy atom. The van der Waals surface area contributed by atoms with Crippen molar-refractivity contribution >= 4 is 13.3 Å². The van der Waals surface area contributed by atoms with Gasteiger partial charge in [-0.3, -0.25) is 4.57 Å². The van der Waals surface area contributed by atoms with Crippen LogP contribution in [-0.4, -0.2) is 38.3 Å². The van der Waals surface area contributed by atoms with Crippen LogP contribution in [0.1, 0.15) is 42.1 Å². The molecule has 0 aliphatic carbocycles. The minimum atomic E-state index is -2.79. The number of benzene rings is 1. The lowest BCUT2D eigenvalue weighted by molar-refractivity contribution is 0.0515. The Balaban J connectivity index is 1.83. The van der Waals surface area contributed by atoms with Crippen LogP contribution < -0.4 is 0 Å². The summed E-state index contributed by atoms with van der Waals surface area (Å²) >= 11 is 0. The molecule has 0 N–H and O–H groups in total. The molecule has 122 valence electrons. The van der Waals surface area contributed by atoms with Crippen LogP contribution in [0.15, 0.2) is 24.3 Å². The number of rotatable bonds is 6. The lowest BCUT2D eigenvalue weighted by atomic mass is 9.98. The highest BCUT2D eigenvalue weighted by molar-refractivity contribution is 7.58. The first kappa shape index (κ1) is 17.2. The van der Waals surface area contributed by atoms with Crippen molar-refractivity contribution < 1.29 is 23.4 Å². The molecule has 0 radical (unpaired) electrons. The highest BCUT2D eigenvalue weighted by Gasteiger charge is 2.27. The Morgan fingerprint density at radius 1 is 1.32 bits per heavy atom. The van der Waals surface area contributed by atoms with E-state index in [1.807, 2.05) is 12.1 Å². The minimum Gasteiger partial charge on any atom is -0.462 e. The second-order valence-electron chi connectivity index (χ2n) is 5.48. The maximum Gasteiger partial charge on any atom is 0.338 e. The fraction of sp³-hybridized carbons (Fsp3) is 0.562. The molecule has 0 amide bonds. The van der Waals surface area contributed by atoms with Gasteiger partial charge in [0.1, 0.15) is 13.0 Å². The van der Waals surface area contributed by atoms with Crippen LogP contribution in [0.3, 0.4) is 0 Å². The number of carbonyl (C=O) groups excluding carboxylic acids is 1. The van der Waals surface area contributed by atoms with E-state index < -0.39 is 13.3 Å². The highest BCUT2D eigenvalue weighted by Crippen LogP contribution is 2.48. The first-order valence-electron chi connectivity index (χ1n) is 7.61. The van der Waals surface area contributed by atoms with E-state index in [0.29, 0.717) is 24.7 Å². The molecule has 2 atom stereocenters. The quantitative estimate of drug-likeness (QED) is 0.590. The molecule has 5 nitrogen and oxygen atoms in total. The Labute approximate surface area is 131 Å². The maximum absolute atomic E-state index is 12.2. The van der Waals surface area contributed by atoms with Gasteiger partial charge in [0.05, 0.1) is 24.9 Å². The SMILES string of the molecule is CCC(C)c1ccc(C(=O)OCCP2(=O)COCCO2)cc1. The van der Waals surface area contributed by atoms with Gasteiger partial charge in [0.2, 0.25) is 7.37 Å². The smallest absolute Gasteiger partial charge is 0.338 e. The van der Waals surface area contributed by atoms with Gasteiger partial charge in [0, 0.05) is 0 Å². The van der Waals surface area contributed by atoms with Crippen LogP contribution >= 0.6 is 7.37 Å². The lowest BCUT2D eigenvalue weighted by Gasteiger charge is -2.22. The van der Waals surface area contributed by atoms with Crippen molar-refractivity contribution in [3.63, 3.8) is 0 Å². The number of hydrogen-bond donors (Lipinski definition) is 0. The molecule has 1 saturated heterocycles. The summed E-state index contributed by atoms with van der Waals surface area (Å²) in [5, 5.41) is 0. The zero-order valence-electron chi connectivity index (χ0n) is 13.1. The summed E-state index contributed by atoms with van der Waals surface area (Å²) in [5.41, 5.74) is 1.71. The molecule has 1 fully saturated rings. The van der Waals surface area contributed by atoms with Crippen molar-refractivity contribution in [3.05, 3.63) is 35.4 Å². The van der Waals surface area contributed by atoms with Gasteiger partial charge >= 0.3 is 5.97 Å². The van der Waals surface area contributed by atoms with E-state index in [-0.39, 0.29) is 19.1 Å². The van der Waals surface area contributed by atoms with Gasteiger partial charge in [0.25, 0.3) is 0 Å². The van der Waals surface area contributed by atoms with Gasteiger partial charge in [-0.15, -0.1) is 0 Å². The normalized spacial score (nSPS) is 23.0. The monoisotopic (exact) mass is 326 g/mol. The van der Waals surface area contributed by atoms with E-state index in [9.17, 15) is 9.36 Å². The molecule has 1 aromatic rings. The van der Waals surface area contributed by atoms with E-state index in [2.05, 4.69) is 13.8 Å². The molecule has 1 heterocycles. The van der Waals surface area contributed by atoms with Crippen molar-refractivity contribution in [1.29, 1.82) is 0 Å². The lowest BCUT2D eigenvalue weighted by Crippen LogP contribution is -2.18. The Morgan fingerprint density at radius 3 is 2.64 bits per heavy atom. The highest BCUT2D eigenvalue weighted by atomic mass is 31.2. The van der Waals surface area contributed by atoms with Gasteiger partial charge < -0.3 is 14.0 Å². The van der Waals surface area contributed by atoms with E-state index in [4.69, 9.17) is 14.0 Å². The number of esters is 1. The molecule has 6 heteroatoms. The van der Waals surface area contributed by atoms with Crippen molar-refractivity contribution in [3.8, 4) is 0 Å². The van der Waals surface area contributed by atoms with Gasteiger partial charge in [-0.05, 0) is 30.0 Å². The van der Waals surface area contributed by atoms with Crippen LogP contribution in [0.25, 0.3) is 0 Å². The van der Waals surface area contributed by atoms with Crippen LogP contribution in [0, 0.1) is 0 Å². The fourth-order valence-electron chi connectivity index (χ4n) is 2.18. The topological polar surface area (TPSA) is 61.8 Å². The molecule has 0 aromatic heterocycles. The molecule has 1 aromatic carbocycles. The largest absolute Gasteiger partial charge is 0.462 e. The molecule has 2 rings (SSSR count). The third-order valence-corrected chi connectivity index (χ3v) is 5.93. The van der Waals surface area contributed by atoms with Gasteiger partial charge in [-0.1, -0.05) is 26.0 Å². The van der Waals surface area contributed by atoms with Crippen LogP contribution in [-0.2, 0) is 18.6 Å². The van der Waals surface area contributed by atoms with Crippen LogP contribution in [0.4, 0.5) is 0 Å².